The van der Waals surface area contributed by atoms with Crippen molar-refractivity contribution in [3.8, 4) is 0 Å². The second-order valence-corrected chi connectivity index (χ2v) is 9.00. The van der Waals surface area contributed by atoms with Gasteiger partial charge in [-0.3, -0.25) is 13.9 Å². The first kappa shape index (κ1) is 19.7. The first-order valence-electron chi connectivity index (χ1n) is 9.49. The number of carbonyl (C=O) groups excluding carboxylic acids is 2. The minimum atomic E-state index is -3.32. The summed E-state index contributed by atoms with van der Waals surface area (Å²) in [5.74, 6) is -0.602. The molecule has 3 rings (SSSR count). The quantitative estimate of drug-likeness (QED) is 0.730. The van der Waals surface area contributed by atoms with Crippen molar-refractivity contribution in [3.05, 3.63) is 29.8 Å². The molecule has 27 heavy (non-hydrogen) atoms. The van der Waals surface area contributed by atoms with Crippen LogP contribution in [0.2, 0.25) is 0 Å². The summed E-state index contributed by atoms with van der Waals surface area (Å²) in [5, 5.41) is 0. The van der Waals surface area contributed by atoms with E-state index in [1.165, 1.54) is 4.31 Å². The Morgan fingerprint density at radius 2 is 2.00 bits per heavy atom. The third-order valence-corrected chi connectivity index (χ3v) is 6.93. The molecule has 0 unspecified atom stereocenters. The lowest BCUT2D eigenvalue weighted by Gasteiger charge is -2.32. The fourth-order valence-electron chi connectivity index (χ4n) is 3.67. The van der Waals surface area contributed by atoms with Gasteiger partial charge in [-0.05, 0) is 50.8 Å². The van der Waals surface area contributed by atoms with E-state index in [0.29, 0.717) is 50.3 Å². The molecular formula is C19H26N2O5S. The molecule has 0 spiro atoms. The van der Waals surface area contributed by atoms with Crippen LogP contribution in [0, 0.1) is 5.92 Å². The summed E-state index contributed by atoms with van der Waals surface area (Å²) in [6.45, 7) is 3.46. The Kier molecular flexibility index (Phi) is 6.04. The molecule has 0 radical (unpaired) electrons. The van der Waals surface area contributed by atoms with E-state index in [1.54, 1.807) is 36.1 Å². The minimum absolute atomic E-state index is 0.137. The summed E-state index contributed by atoms with van der Waals surface area (Å²) in [6.07, 6.45) is 2.94. The molecule has 1 aromatic carbocycles. The Morgan fingerprint density at radius 1 is 1.19 bits per heavy atom. The van der Waals surface area contributed by atoms with Crippen LogP contribution in [0.25, 0.3) is 0 Å². The van der Waals surface area contributed by atoms with E-state index in [0.717, 1.165) is 12.8 Å². The van der Waals surface area contributed by atoms with Crippen molar-refractivity contribution in [2.45, 2.75) is 32.6 Å². The fourth-order valence-corrected chi connectivity index (χ4v) is 5.30. The van der Waals surface area contributed by atoms with Gasteiger partial charge in [0.25, 0.3) is 5.91 Å². The molecule has 1 atom stereocenters. The van der Waals surface area contributed by atoms with Crippen molar-refractivity contribution in [3.63, 3.8) is 0 Å². The average molecular weight is 394 g/mol. The maximum Gasteiger partial charge on any atom is 0.310 e. The molecule has 2 aliphatic heterocycles. The van der Waals surface area contributed by atoms with Gasteiger partial charge in [0, 0.05) is 25.2 Å². The lowest BCUT2D eigenvalue weighted by molar-refractivity contribution is -0.149. The van der Waals surface area contributed by atoms with E-state index in [9.17, 15) is 18.0 Å². The average Bonchev–Trinajstić information content (AvgIpc) is 2.67. The number of likely N-dealkylation sites (tertiary alicyclic amines) is 1. The Balaban J connectivity index is 1.76. The fraction of sp³-hybridized carbons (Fsp3) is 0.579. The first-order valence-corrected chi connectivity index (χ1v) is 11.1. The van der Waals surface area contributed by atoms with Gasteiger partial charge in [0.15, 0.2) is 0 Å². The second-order valence-electron chi connectivity index (χ2n) is 6.99. The number of hydrogen-bond donors (Lipinski definition) is 0. The number of anilines is 1. The number of rotatable bonds is 4. The van der Waals surface area contributed by atoms with Crippen LogP contribution in [0.15, 0.2) is 24.3 Å². The van der Waals surface area contributed by atoms with Crippen molar-refractivity contribution >= 4 is 27.6 Å². The Morgan fingerprint density at radius 3 is 2.74 bits per heavy atom. The highest BCUT2D eigenvalue weighted by Crippen LogP contribution is 2.26. The minimum Gasteiger partial charge on any atom is -0.466 e. The van der Waals surface area contributed by atoms with Crippen molar-refractivity contribution in [1.29, 1.82) is 0 Å². The van der Waals surface area contributed by atoms with Crippen LogP contribution in [0.3, 0.4) is 0 Å². The number of carbonyl (C=O) groups is 2. The van der Waals surface area contributed by atoms with Gasteiger partial charge >= 0.3 is 5.97 Å². The molecule has 1 amide bonds. The molecule has 0 N–H and O–H groups in total. The highest BCUT2D eigenvalue weighted by molar-refractivity contribution is 7.92. The van der Waals surface area contributed by atoms with Crippen LogP contribution in [-0.2, 0) is 19.6 Å². The predicted octanol–water partition coefficient (Wildman–Crippen LogP) is 2.03. The molecule has 1 aromatic rings. The van der Waals surface area contributed by atoms with Crippen LogP contribution in [0.5, 0.6) is 0 Å². The standard InChI is InChI=1S/C19H26N2O5S/c1-2-26-19(23)16-8-6-10-20(14-16)18(22)15-7-5-9-17(13-15)21-11-3-4-12-27(21,24)25/h5,7,9,13,16H,2-4,6,8,10-12,14H2,1H3/t16-/m1/s1. The predicted molar refractivity (Wildman–Crippen MR) is 102 cm³/mol. The van der Waals surface area contributed by atoms with Gasteiger partial charge in [-0.2, -0.15) is 0 Å². The zero-order chi connectivity index (χ0) is 19.4. The van der Waals surface area contributed by atoms with Gasteiger partial charge in [-0.15, -0.1) is 0 Å². The molecule has 7 nitrogen and oxygen atoms in total. The number of piperidine rings is 1. The van der Waals surface area contributed by atoms with Crippen molar-refractivity contribution in [2.75, 3.05) is 36.3 Å². The first-order chi connectivity index (χ1) is 12.9. The van der Waals surface area contributed by atoms with E-state index < -0.39 is 10.0 Å². The topological polar surface area (TPSA) is 84.0 Å². The Hall–Kier alpha value is -2.09. The van der Waals surface area contributed by atoms with Gasteiger partial charge in [0.1, 0.15) is 0 Å². The van der Waals surface area contributed by atoms with Gasteiger partial charge in [0.05, 0.1) is 24.0 Å². The van der Waals surface area contributed by atoms with E-state index in [-0.39, 0.29) is 23.5 Å². The number of benzene rings is 1. The van der Waals surface area contributed by atoms with Crippen LogP contribution in [-0.4, -0.2) is 57.2 Å². The van der Waals surface area contributed by atoms with Crippen LogP contribution >= 0.6 is 0 Å². The number of hydrogen-bond acceptors (Lipinski definition) is 5. The molecule has 0 aliphatic carbocycles. The Labute approximate surface area is 160 Å². The van der Waals surface area contributed by atoms with Crippen molar-refractivity contribution < 1.29 is 22.7 Å². The maximum atomic E-state index is 12.9. The zero-order valence-corrected chi connectivity index (χ0v) is 16.4. The number of esters is 1. The lowest BCUT2D eigenvalue weighted by atomic mass is 9.97. The van der Waals surface area contributed by atoms with Gasteiger partial charge < -0.3 is 9.64 Å². The molecule has 8 heteroatoms. The highest BCUT2D eigenvalue weighted by Gasteiger charge is 2.31. The molecule has 2 aliphatic rings. The maximum absolute atomic E-state index is 12.9. The summed E-state index contributed by atoms with van der Waals surface area (Å²) in [5.41, 5.74) is 0.970. The Bertz CT molecular complexity index is 808. The summed E-state index contributed by atoms with van der Waals surface area (Å²) >= 11 is 0. The van der Waals surface area contributed by atoms with Crippen LogP contribution in [0.1, 0.15) is 43.0 Å². The molecule has 0 aromatic heterocycles. The SMILES string of the molecule is CCOC(=O)[C@@H]1CCCN(C(=O)c2cccc(N3CCCCS3(=O)=O)c2)C1. The van der Waals surface area contributed by atoms with E-state index in [2.05, 4.69) is 0 Å². The van der Waals surface area contributed by atoms with Crippen molar-refractivity contribution in [2.24, 2.45) is 5.92 Å². The van der Waals surface area contributed by atoms with E-state index >= 15 is 0 Å². The van der Waals surface area contributed by atoms with Gasteiger partial charge in [0.2, 0.25) is 10.0 Å². The lowest BCUT2D eigenvalue weighted by Crippen LogP contribution is -2.43. The monoisotopic (exact) mass is 394 g/mol. The smallest absolute Gasteiger partial charge is 0.310 e. The van der Waals surface area contributed by atoms with E-state index in [4.69, 9.17) is 4.74 Å². The summed E-state index contributed by atoms with van der Waals surface area (Å²) in [7, 11) is -3.32. The zero-order valence-electron chi connectivity index (χ0n) is 15.6. The number of sulfonamides is 1. The molecule has 0 bridgehead atoms. The van der Waals surface area contributed by atoms with E-state index in [1.807, 2.05) is 0 Å². The molecular weight excluding hydrogens is 368 g/mol. The highest BCUT2D eigenvalue weighted by atomic mass is 32.2. The number of nitrogens with zero attached hydrogens (tertiary/aromatic N) is 2. The normalized spacial score (nSPS) is 22.3. The third kappa shape index (κ3) is 4.43. The molecule has 2 saturated heterocycles. The van der Waals surface area contributed by atoms with Crippen LogP contribution in [0.4, 0.5) is 5.69 Å². The summed E-state index contributed by atoms with van der Waals surface area (Å²) < 4.78 is 31.1. The largest absolute Gasteiger partial charge is 0.466 e. The molecule has 2 heterocycles. The molecule has 2 fully saturated rings. The number of ether oxygens (including phenoxy) is 1. The molecule has 148 valence electrons. The number of amides is 1. The molecule has 0 saturated carbocycles. The van der Waals surface area contributed by atoms with Gasteiger partial charge in [-0.25, -0.2) is 8.42 Å². The second kappa shape index (κ2) is 8.29. The third-order valence-electron chi connectivity index (χ3n) is 5.06. The summed E-state index contributed by atoms with van der Waals surface area (Å²) in [6, 6.07) is 6.76. The van der Waals surface area contributed by atoms with Crippen molar-refractivity contribution in [1.82, 2.24) is 4.90 Å². The van der Waals surface area contributed by atoms with Gasteiger partial charge in [-0.1, -0.05) is 6.07 Å². The van der Waals surface area contributed by atoms with Crippen LogP contribution < -0.4 is 4.31 Å². The summed E-state index contributed by atoms with van der Waals surface area (Å²) in [4.78, 5) is 26.6.